The van der Waals surface area contributed by atoms with Gasteiger partial charge in [-0.15, -0.1) is 0 Å². The fraction of sp³-hybridized carbons (Fsp3) is 0.167. The minimum Gasteiger partial charge on any atom is -0.368 e. The second kappa shape index (κ2) is 8.43. The molecule has 1 heterocycles. The Balaban J connectivity index is 1.83. The molecule has 25 heavy (non-hydrogen) atoms. The van der Waals surface area contributed by atoms with Crippen LogP contribution in [0.25, 0.3) is 0 Å². The van der Waals surface area contributed by atoms with Crippen molar-refractivity contribution in [3.8, 4) is 0 Å². The molecule has 0 spiro atoms. The lowest BCUT2D eigenvalue weighted by Gasteiger charge is -2.19. The smallest absolute Gasteiger partial charge is 0.108 e. The summed E-state index contributed by atoms with van der Waals surface area (Å²) in [5.41, 5.74) is 1.69. The van der Waals surface area contributed by atoms with Crippen LogP contribution in [-0.4, -0.2) is 9.97 Å². The molecule has 0 bridgehead atoms. The van der Waals surface area contributed by atoms with Crippen molar-refractivity contribution in [3.05, 3.63) is 85.8 Å². The Labute approximate surface area is 165 Å². The van der Waals surface area contributed by atoms with E-state index in [1.165, 1.54) is 0 Å². The van der Waals surface area contributed by atoms with Crippen molar-refractivity contribution in [3.63, 3.8) is 0 Å². The second-order valence-electron chi connectivity index (χ2n) is 5.44. The van der Waals surface area contributed by atoms with Crippen molar-refractivity contribution in [2.45, 2.75) is 19.1 Å². The quantitative estimate of drug-likeness (QED) is 0.497. The minimum absolute atomic E-state index is 0.303. The van der Waals surface area contributed by atoms with Gasteiger partial charge in [0.05, 0.1) is 12.7 Å². The molecule has 0 radical (unpaired) electrons. The monoisotopic (exact) mass is 414 g/mol. The Hall–Kier alpha value is -1.23. The van der Waals surface area contributed by atoms with Gasteiger partial charge >= 0.3 is 0 Å². The Bertz CT molecular complexity index is 852. The molecule has 3 rings (SSSR count). The van der Waals surface area contributed by atoms with Crippen molar-refractivity contribution in [2.24, 2.45) is 0 Å². The number of H-pyrrole nitrogens is 1. The fourth-order valence-electron chi connectivity index (χ4n) is 2.44. The number of hydrogen-bond acceptors (Lipinski definition) is 2. The summed E-state index contributed by atoms with van der Waals surface area (Å²) in [5, 5.41) is 2.27. The SMILES string of the molecule is Clc1ccc(COC(Cc2ncc[nH]2)c2ccc(Cl)cc2Cl)c(Cl)c1. The Morgan fingerprint density at radius 1 is 0.960 bits per heavy atom. The zero-order chi connectivity index (χ0) is 17.8. The summed E-state index contributed by atoms with van der Waals surface area (Å²) >= 11 is 24.5. The Kier molecular flexibility index (Phi) is 6.26. The molecule has 0 amide bonds. The van der Waals surface area contributed by atoms with Crippen LogP contribution in [0.4, 0.5) is 0 Å². The first-order chi connectivity index (χ1) is 12.0. The number of ether oxygens (including phenoxy) is 1. The summed E-state index contributed by atoms with van der Waals surface area (Å²) in [5.74, 6) is 0.804. The average Bonchev–Trinajstić information content (AvgIpc) is 3.06. The first kappa shape index (κ1) is 18.6. The van der Waals surface area contributed by atoms with E-state index in [0.29, 0.717) is 33.1 Å². The number of imidazole rings is 1. The van der Waals surface area contributed by atoms with Crippen molar-refractivity contribution in [1.82, 2.24) is 9.97 Å². The van der Waals surface area contributed by atoms with Crippen LogP contribution in [0.1, 0.15) is 23.1 Å². The molecule has 1 N–H and O–H groups in total. The highest BCUT2D eigenvalue weighted by Crippen LogP contribution is 2.32. The highest BCUT2D eigenvalue weighted by atomic mass is 35.5. The normalized spacial score (nSPS) is 12.3. The van der Waals surface area contributed by atoms with E-state index in [9.17, 15) is 0 Å². The summed E-state index contributed by atoms with van der Waals surface area (Å²) in [6.45, 7) is 0.320. The van der Waals surface area contributed by atoms with Gasteiger partial charge < -0.3 is 9.72 Å². The summed E-state index contributed by atoms with van der Waals surface area (Å²) in [4.78, 5) is 7.35. The van der Waals surface area contributed by atoms with E-state index in [2.05, 4.69) is 9.97 Å². The second-order valence-corrected chi connectivity index (χ2v) is 7.13. The number of nitrogens with one attached hydrogen (secondary N) is 1. The maximum Gasteiger partial charge on any atom is 0.108 e. The molecule has 1 unspecified atom stereocenters. The highest BCUT2D eigenvalue weighted by molar-refractivity contribution is 6.35. The summed E-state index contributed by atoms with van der Waals surface area (Å²) in [6, 6.07) is 10.7. The number of aromatic nitrogens is 2. The van der Waals surface area contributed by atoms with E-state index in [1.54, 1.807) is 36.7 Å². The van der Waals surface area contributed by atoms with Crippen molar-refractivity contribution < 1.29 is 4.74 Å². The predicted octanol–water partition coefficient (Wildman–Crippen LogP) is 6.52. The Morgan fingerprint density at radius 3 is 2.32 bits per heavy atom. The van der Waals surface area contributed by atoms with Crippen LogP contribution < -0.4 is 0 Å². The van der Waals surface area contributed by atoms with Crippen LogP contribution in [0.15, 0.2) is 48.8 Å². The van der Waals surface area contributed by atoms with Gasteiger partial charge in [-0.2, -0.15) is 0 Å². The molecule has 1 atom stereocenters. The molecular formula is C18H14Cl4N2O. The topological polar surface area (TPSA) is 37.9 Å². The lowest BCUT2D eigenvalue weighted by Crippen LogP contribution is -2.10. The molecule has 130 valence electrons. The van der Waals surface area contributed by atoms with Gasteiger partial charge in [-0.05, 0) is 35.4 Å². The number of nitrogens with zero attached hydrogens (tertiary/aromatic N) is 1. The predicted molar refractivity (Wildman–Crippen MR) is 103 cm³/mol. The maximum absolute atomic E-state index is 6.36. The summed E-state index contributed by atoms with van der Waals surface area (Å²) < 4.78 is 6.11. The van der Waals surface area contributed by atoms with Gasteiger partial charge in [-0.3, -0.25) is 0 Å². The molecule has 3 nitrogen and oxygen atoms in total. The Morgan fingerprint density at radius 2 is 1.68 bits per heavy atom. The fourth-order valence-corrected chi connectivity index (χ4v) is 3.43. The van der Waals surface area contributed by atoms with Crippen LogP contribution in [0.5, 0.6) is 0 Å². The maximum atomic E-state index is 6.36. The first-order valence-corrected chi connectivity index (χ1v) is 9.03. The van der Waals surface area contributed by atoms with Gasteiger partial charge in [0, 0.05) is 38.9 Å². The molecule has 0 saturated heterocycles. The van der Waals surface area contributed by atoms with Gasteiger partial charge in [0.15, 0.2) is 0 Å². The average molecular weight is 416 g/mol. The molecule has 7 heteroatoms. The zero-order valence-corrected chi connectivity index (χ0v) is 16.0. The van der Waals surface area contributed by atoms with Crippen molar-refractivity contribution in [2.75, 3.05) is 0 Å². The summed E-state index contributed by atoms with van der Waals surface area (Å²) in [7, 11) is 0. The molecular weight excluding hydrogens is 402 g/mol. The number of benzene rings is 2. The van der Waals surface area contributed by atoms with Gasteiger partial charge in [0.1, 0.15) is 5.82 Å². The van der Waals surface area contributed by atoms with Crippen LogP contribution in [0.2, 0.25) is 20.1 Å². The third-order valence-corrected chi connectivity index (χ3v) is 4.85. The van der Waals surface area contributed by atoms with Crippen LogP contribution in [0, 0.1) is 0 Å². The van der Waals surface area contributed by atoms with E-state index in [4.69, 9.17) is 51.1 Å². The van der Waals surface area contributed by atoms with E-state index in [-0.39, 0.29) is 6.10 Å². The van der Waals surface area contributed by atoms with Crippen LogP contribution >= 0.6 is 46.4 Å². The van der Waals surface area contributed by atoms with Crippen LogP contribution in [-0.2, 0) is 17.8 Å². The van der Waals surface area contributed by atoms with Gasteiger partial charge in [0.2, 0.25) is 0 Å². The largest absolute Gasteiger partial charge is 0.368 e. The third-order valence-electron chi connectivity index (χ3n) is 3.70. The van der Waals surface area contributed by atoms with Gasteiger partial charge in [-0.1, -0.05) is 58.5 Å². The first-order valence-electron chi connectivity index (χ1n) is 7.51. The lowest BCUT2D eigenvalue weighted by atomic mass is 10.1. The summed E-state index contributed by atoms with van der Waals surface area (Å²) in [6.07, 6.45) is 3.71. The standard InChI is InChI=1S/C18H14Cl4N2O/c19-12-2-1-11(15(21)7-12)10-25-17(9-18-23-5-6-24-18)14-4-3-13(20)8-16(14)22/h1-8,17H,9-10H2,(H,23,24). The number of hydrogen-bond donors (Lipinski definition) is 1. The molecule has 1 aromatic heterocycles. The number of halogens is 4. The van der Waals surface area contributed by atoms with E-state index < -0.39 is 0 Å². The van der Waals surface area contributed by atoms with Gasteiger partial charge in [0.25, 0.3) is 0 Å². The number of rotatable bonds is 6. The molecule has 0 aliphatic heterocycles. The van der Waals surface area contributed by atoms with E-state index in [0.717, 1.165) is 17.0 Å². The third kappa shape index (κ3) is 4.90. The van der Waals surface area contributed by atoms with Crippen molar-refractivity contribution >= 4 is 46.4 Å². The minimum atomic E-state index is -0.303. The molecule has 0 saturated carbocycles. The lowest BCUT2D eigenvalue weighted by molar-refractivity contribution is 0.0388. The molecule has 0 aliphatic carbocycles. The zero-order valence-electron chi connectivity index (χ0n) is 13.0. The molecule has 3 aromatic rings. The van der Waals surface area contributed by atoms with Crippen molar-refractivity contribution in [1.29, 1.82) is 0 Å². The molecule has 0 aliphatic rings. The van der Waals surface area contributed by atoms with Gasteiger partial charge in [-0.25, -0.2) is 4.98 Å². The highest BCUT2D eigenvalue weighted by Gasteiger charge is 2.18. The molecule has 0 fully saturated rings. The van der Waals surface area contributed by atoms with E-state index >= 15 is 0 Å². The van der Waals surface area contributed by atoms with E-state index in [1.807, 2.05) is 12.1 Å². The van der Waals surface area contributed by atoms with Crippen LogP contribution in [0.3, 0.4) is 0 Å². The molecule has 2 aromatic carbocycles. The number of aromatic amines is 1.